The van der Waals surface area contributed by atoms with Crippen molar-refractivity contribution in [3.8, 4) is 0 Å². The molecule has 2 amide bonds. The van der Waals surface area contributed by atoms with Crippen LogP contribution in [0, 0.1) is 0 Å². The zero-order chi connectivity index (χ0) is 22.3. The van der Waals surface area contributed by atoms with Crippen LogP contribution < -0.4 is 16.1 Å². The Morgan fingerprint density at radius 1 is 1.10 bits per heavy atom. The molecule has 10 heteroatoms. The Hall–Kier alpha value is -3.04. The molecular weight excluding hydrogens is 433 g/mol. The maximum absolute atomic E-state index is 13.8. The summed E-state index contributed by atoms with van der Waals surface area (Å²) in [6.07, 6.45) is -5.62. The lowest BCUT2D eigenvalue weighted by atomic mass is 9.89. The molecule has 2 aromatic rings. The van der Waals surface area contributed by atoms with Gasteiger partial charge in [0.2, 0.25) is 0 Å². The lowest BCUT2D eigenvalue weighted by Gasteiger charge is -2.34. The first kappa shape index (κ1) is 21.2. The maximum atomic E-state index is 13.8. The molecule has 0 radical (unpaired) electrons. The standard InChI is InChI=1S/C21H18ClF3N4O2/c1-11-15(19(30)27-14-9-7-13(22)8-10-14)20(31)29-18(26-11)16(12-5-3-2-4-6-12)17(28-29)21(23,24)25/h2-10,16-18,26,28H,1H3,(H,27,30). The molecule has 3 N–H and O–H groups in total. The molecular formula is C21H18ClF3N4O2. The Bertz CT molecular complexity index is 1040. The number of carbonyl (C=O) groups is 2. The van der Waals surface area contributed by atoms with E-state index in [-0.39, 0.29) is 11.3 Å². The molecule has 31 heavy (non-hydrogen) atoms. The fraction of sp³-hybridized carbons (Fsp3) is 0.238. The van der Waals surface area contributed by atoms with Crippen LogP contribution in [0.5, 0.6) is 0 Å². The summed E-state index contributed by atoms with van der Waals surface area (Å²) in [7, 11) is 0. The van der Waals surface area contributed by atoms with Crippen LogP contribution in [0.15, 0.2) is 65.9 Å². The molecule has 1 saturated heterocycles. The minimum absolute atomic E-state index is 0.197. The average molecular weight is 451 g/mol. The normalized spacial score (nSPS) is 23.5. The van der Waals surface area contributed by atoms with E-state index < -0.39 is 36.1 Å². The van der Waals surface area contributed by atoms with Crippen molar-refractivity contribution in [2.75, 3.05) is 5.32 Å². The molecule has 162 valence electrons. The molecule has 1 fully saturated rings. The molecule has 0 bridgehead atoms. The van der Waals surface area contributed by atoms with Gasteiger partial charge < -0.3 is 10.6 Å². The SMILES string of the molecule is CC1=C(C(=O)Nc2ccc(Cl)cc2)C(=O)N2NC(C(F)(F)F)C(c3ccccc3)C2N1. The number of hydrogen-bond donors (Lipinski definition) is 3. The van der Waals surface area contributed by atoms with E-state index in [1.54, 1.807) is 54.6 Å². The van der Waals surface area contributed by atoms with Crippen LogP contribution in [0.25, 0.3) is 0 Å². The monoisotopic (exact) mass is 450 g/mol. The van der Waals surface area contributed by atoms with Crippen LogP contribution in [-0.4, -0.2) is 35.2 Å². The predicted octanol–water partition coefficient (Wildman–Crippen LogP) is 3.54. The first-order chi connectivity index (χ1) is 14.7. The number of fused-ring (bicyclic) bond motifs is 1. The second kappa shape index (κ2) is 7.90. The summed E-state index contributed by atoms with van der Waals surface area (Å²) < 4.78 is 41.4. The van der Waals surface area contributed by atoms with Gasteiger partial charge in [-0.25, -0.2) is 10.4 Å². The molecule has 4 rings (SSSR count). The molecule has 0 spiro atoms. The van der Waals surface area contributed by atoms with E-state index >= 15 is 0 Å². The van der Waals surface area contributed by atoms with Crippen molar-refractivity contribution in [1.82, 2.24) is 15.8 Å². The summed E-state index contributed by atoms with van der Waals surface area (Å²) >= 11 is 5.83. The number of hydrazine groups is 1. The number of rotatable bonds is 3. The van der Waals surface area contributed by atoms with Crippen LogP contribution >= 0.6 is 11.6 Å². The Morgan fingerprint density at radius 2 is 1.74 bits per heavy atom. The van der Waals surface area contributed by atoms with Gasteiger partial charge in [0.05, 0.1) is 5.92 Å². The lowest BCUT2D eigenvalue weighted by Crippen LogP contribution is -2.56. The van der Waals surface area contributed by atoms with Crippen molar-refractivity contribution in [3.05, 3.63) is 76.5 Å². The van der Waals surface area contributed by atoms with Crippen molar-refractivity contribution in [2.45, 2.75) is 31.2 Å². The molecule has 2 aliphatic rings. The first-order valence-electron chi connectivity index (χ1n) is 9.42. The highest BCUT2D eigenvalue weighted by molar-refractivity contribution is 6.30. The van der Waals surface area contributed by atoms with Gasteiger partial charge in [-0.05, 0) is 36.8 Å². The van der Waals surface area contributed by atoms with E-state index in [9.17, 15) is 22.8 Å². The van der Waals surface area contributed by atoms with Crippen LogP contribution in [-0.2, 0) is 9.59 Å². The molecule has 2 aliphatic heterocycles. The largest absolute Gasteiger partial charge is 0.406 e. The van der Waals surface area contributed by atoms with Crippen LogP contribution in [0.3, 0.4) is 0 Å². The molecule has 0 saturated carbocycles. The Labute approximate surface area is 181 Å². The maximum Gasteiger partial charge on any atom is 0.406 e. The van der Waals surface area contributed by atoms with Crippen LogP contribution in [0.4, 0.5) is 18.9 Å². The van der Waals surface area contributed by atoms with Crippen molar-refractivity contribution in [3.63, 3.8) is 0 Å². The number of carbonyl (C=O) groups excluding carboxylic acids is 2. The van der Waals surface area contributed by atoms with Gasteiger partial charge in [-0.2, -0.15) is 13.2 Å². The molecule has 0 aromatic heterocycles. The number of nitrogens with one attached hydrogen (secondary N) is 3. The van der Waals surface area contributed by atoms with E-state index in [0.717, 1.165) is 5.01 Å². The Balaban J connectivity index is 1.65. The van der Waals surface area contributed by atoms with Gasteiger partial charge in [-0.1, -0.05) is 41.9 Å². The Morgan fingerprint density at radius 3 is 2.35 bits per heavy atom. The molecule has 6 nitrogen and oxygen atoms in total. The molecule has 2 heterocycles. The summed E-state index contributed by atoms with van der Waals surface area (Å²) in [5.41, 5.74) is 3.02. The van der Waals surface area contributed by atoms with Crippen LogP contribution in [0.2, 0.25) is 5.02 Å². The summed E-state index contributed by atoms with van der Waals surface area (Å²) in [5, 5.41) is 6.83. The number of amides is 2. The number of halogens is 4. The molecule has 0 aliphatic carbocycles. The Kier molecular flexibility index (Phi) is 5.40. The fourth-order valence-corrected chi connectivity index (χ4v) is 4.01. The van der Waals surface area contributed by atoms with Crippen molar-refractivity contribution in [1.29, 1.82) is 0 Å². The quantitative estimate of drug-likeness (QED) is 0.625. The minimum atomic E-state index is -4.61. The second-order valence-electron chi connectivity index (χ2n) is 7.31. The number of alkyl halides is 3. The van der Waals surface area contributed by atoms with Gasteiger partial charge >= 0.3 is 6.18 Å². The first-order valence-corrected chi connectivity index (χ1v) is 9.80. The van der Waals surface area contributed by atoms with E-state index in [1.807, 2.05) is 0 Å². The molecule has 3 unspecified atom stereocenters. The topological polar surface area (TPSA) is 73.5 Å². The zero-order valence-corrected chi connectivity index (χ0v) is 17.0. The smallest absolute Gasteiger partial charge is 0.366 e. The number of anilines is 1. The summed E-state index contributed by atoms with van der Waals surface area (Å²) in [5.74, 6) is -2.66. The number of allylic oxidation sites excluding steroid dienone is 1. The summed E-state index contributed by atoms with van der Waals surface area (Å²) in [6, 6.07) is 12.4. The van der Waals surface area contributed by atoms with Gasteiger partial charge in [0, 0.05) is 16.4 Å². The van der Waals surface area contributed by atoms with E-state index in [0.29, 0.717) is 16.3 Å². The van der Waals surface area contributed by atoms with Crippen molar-refractivity contribution >= 4 is 29.1 Å². The summed E-state index contributed by atoms with van der Waals surface area (Å²) in [6.45, 7) is 1.50. The predicted molar refractivity (Wildman–Crippen MR) is 109 cm³/mol. The highest BCUT2D eigenvalue weighted by atomic mass is 35.5. The lowest BCUT2D eigenvalue weighted by molar-refractivity contribution is -0.161. The fourth-order valence-electron chi connectivity index (χ4n) is 3.89. The third-order valence-electron chi connectivity index (χ3n) is 5.29. The van der Waals surface area contributed by atoms with Gasteiger partial charge in [-0.3, -0.25) is 9.59 Å². The van der Waals surface area contributed by atoms with Crippen molar-refractivity contribution in [2.24, 2.45) is 0 Å². The molecule has 3 atom stereocenters. The van der Waals surface area contributed by atoms with E-state index in [4.69, 9.17) is 11.6 Å². The summed E-state index contributed by atoms with van der Waals surface area (Å²) in [4.78, 5) is 25.8. The highest BCUT2D eigenvalue weighted by Gasteiger charge is 2.58. The minimum Gasteiger partial charge on any atom is -0.366 e. The van der Waals surface area contributed by atoms with Crippen LogP contribution in [0.1, 0.15) is 18.4 Å². The second-order valence-corrected chi connectivity index (χ2v) is 7.75. The zero-order valence-electron chi connectivity index (χ0n) is 16.2. The third kappa shape index (κ3) is 3.98. The van der Waals surface area contributed by atoms with Gasteiger partial charge in [0.25, 0.3) is 11.8 Å². The number of hydrogen-bond acceptors (Lipinski definition) is 4. The van der Waals surface area contributed by atoms with Gasteiger partial charge in [0.1, 0.15) is 17.8 Å². The van der Waals surface area contributed by atoms with E-state index in [1.165, 1.54) is 6.92 Å². The van der Waals surface area contributed by atoms with E-state index in [2.05, 4.69) is 16.1 Å². The number of benzene rings is 2. The highest BCUT2D eigenvalue weighted by Crippen LogP contribution is 2.41. The van der Waals surface area contributed by atoms with Gasteiger partial charge in [-0.15, -0.1) is 0 Å². The van der Waals surface area contributed by atoms with Gasteiger partial charge in [0.15, 0.2) is 0 Å². The molecule has 2 aromatic carbocycles. The van der Waals surface area contributed by atoms with Crippen molar-refractivity contribution < 1.29 is 22.8 Å². The third-order valence-corrected chi connectivity index (χ3v) is 5.55. The average Bonchev–Trinajstić information content (AvgIpc) is 3.10. The number of nitrogens with zero attached hydrogens (tertiary/aromatic N) is 1.